The highest BCUT2D eigenvalue weighted by molar-refractivity contribution is 7.71. The maximum absolute atomic E-state index is 10.9. The van der Waals surface area contributed by atoms with Crippen LogP contribution >= 0.6 is 23.8 Å². The van der Waals surface area contributed by atoms with Gasteiger partial charge in [0.2, 0.25) is 5.95 Å². The molecule has 9 nitrogen and oxygen atoms in total. The van der Waals surface area contributed by atoms with Gasteiger partial charge in [-0.1, -0.05) is 34.9 Å². The Morgan fingerprint density at radius 3 is 3.04 bits per heavy atom. The number of aromatic nitrogens is 4. The Labute approximate surface area is 152 Å². The van der Waals surface area contributed by atoms with E-state index in [4.69, 9.17) is 34.3 Å². The fraction of sp³-hybridized carbons (Fsp3) is 0.500. The van der Waals surface area contributed by atoms with Gasteiger partial charge in [-0.3, -0.25) is 4.57 Å². The number of nitrogens with one attached hydrogen (secondary N) is 1. The average molecular weight is 383 g/mol. The number of hydrogen-bond donors (Lipinski definition) is 3. The second kappa shape index (κ2) is 6.34. The molecule has 1 fully saturated rings. The number of nitrogens with zero attached hydrogens (tertiary/aromatic N) is 4. The SMILES string of the molecule is CC#C[C@@]1(Cl)C(O)[C@@H]([C@H](C)N=O)O[C@H]1n1cnc2c(=S)[nH]c(N)nc21. The highest BCUT2D eigenvalue weighted by Crippen LogP contribution is 2.45. The lowest BCUT2D eigenvalue weighted by Crippen LogP contribution is -2.42. The molecule has 1 unspecified atom stereocenters. The molecule has 0 aliphatic carbocycles. The van der Waals surface area contributed by atoms with E-state index < -0.39 is 29.4 Å². The van der Waals surface area contributed by atoms with Gasteiger partial charge in [-0.15, -0.1) is 5.92 Å². The van der Waals surface area contributed by atoms with Crippen molar-refractivity contribution in [2.45, 2.75) is 43.2 Å². The molecule has 25 heavy (non-hydrogen) atoms. The van der Waals surface area contributed by atoms with Gasteiger partial charge in [-0.05, 0) is 13.8 Å². The average Bonchev–Trinajstić information content (AvgIpc) is 3.08. The van der Waals surface area contributed by atoms with Crippen LogP contribution in [-0.2, 0) is 4.74 Å². The van der Waals surface area contributed by atoms with E-state index in [0.29, 0.717) is 15.8 Å². The Bertz CT molecular complexity index is 949. The number of hydrogen-bond acceptors (Lipinski definition) is 8. The minimum atomic E-state index is -1.52. The molecule has 0 amide bonds. The summed E-state index contributed by atoms with van der Waals surface area (Å²) in [5.74, 6) is 5.55. The van der Waals surface area contributed by atoms with E-state index in [0.717, 1.165) is 0 Å². The van der Waals surface area contributed by atoms with E-state index >= 15 is 0 Å². The van der Waals surface area contributed by atoms with Crippen LogP contribution in [0.5, 0.6) is 0 Å². The molecule has 0 aromatic carbocycles. The molecule has 3 rings (SSSR count). The second-order valence-corrected chi connectivity index (χ2v) is 6.70. The first kappa shape index (κ1) is 17.8. The zero-order valence-electron chi connectivity index (χ0n) is 13.3. The van der Waals surface area contributed by atoms with Crippen LogP contribution in [-0.4, -0.2) is 47.7 Å². The van der Waals surface area contributed by atoms with Gasteiger partial charge in [-0.2, -0.15) is 9.89 Å². The first-order chi connectivity index (χ1) is 11.8. The summed E-state index contributed by atoms with van der Waals surface area (Å²) in [6.07, 6.45) is -1.74. The number of nitrogens with two attached hydrogens (primary N) is 1. The highest BCUT2D eigenvalue weighted by Gasteiger charge is 2.57. The summed E-state index contributed by atoms with van der Waals surface area (Å²) in [6, 6.07) is -0.826. The molecular weight excluding hydrogens is 368 g/mol. The van der Waals surface area contributed by atoms with Crippen molar-refractivity contribution >= 4 is 40.9 Å². The molecule has 2 aromatic rings. The van der Waals surface area contributed by atoms with E-state index in [1.807, 2.05) is 0 Å². The molecule has 0 spiro atoms. The van der Waals surface area contributed by atoms with E-state index in [9.17, 15) is 10.0 Å². The van der Waals surface area contributed by atoms with Gasteiger partial charge in [0.05, 0.1) is 6.33 Å². The molecule has 4 N–H and O–H groups in total. The monoisotopic (exact) mass is 382 g/mol. The van der Waals surface area contributed by atoms with Gasteiger partial charge in [0.15, 0.2) is 16.7 Å². The summed E-state index contributed by atoms with van der Waals surface area (Å²) in [6.45, 7) is 3.11. The zero-order chi connectivity index (χ0) is 18.4. The summed E-state index contributed by atoms with van der Waals surface area (Å²) in [7, 11) is 0. The fourth-order valence-electron chi connectivity index (χ4n) is 2.85. The summed E-state index contributed by atoms with van der Waals surface area (Å²) in [4.78, 5) is 20.5. The molecular formula is C14H15ClN6O3S. The van der Waals surface area contributed by atoms with Crippen LogP contribution in [0.1, 0.15) is 20.1 Å². The Hall–Kier alpha value is -2.06. The van der Waals surface area contributed by atoms with E-state index in [1.165, 1.54) is 17.8 Å². The van der Waals surface area contributed by atoms with E-state index in [1.54, 1.807) is 6.92 Å². The molecule has 1 saturated heterocycles. The lowest BCUT2D eigenvalue weighted by Gasteiger charge is -2.25. The van der Waals surface area contributed by atoms with Crippen molar-refractivity contribution in [1.29, 1.82) is 0 Å². The summed E-state index contributed by atoms with van der Waals surface area (Å²) in [5.41, 5.74) is 6.45. The first-order valence-electron chi connectivity index (χ1n) is 7.34. The third-order valence-electron chi connectivity index (χ3n) is 4.05. The van der Waals surface area contributed by atoms with Crippen molar-refractivity contribution < 1.29 is 9.84 Å². The summed E-state index contributed by atoms with van der Waals surface area (Å²) >= 11 is 11.8. The highest BCUT2D eigenvalue weighted by atomic mass is 35.5. The van der Waals surface area contributed by atoms with E-state index in [2.05, 4.69) is 32.0 Å². The van der Waals surface area contributed by atoms with Crippen LogP contribution in [0.3, 0.4) is 0 Å². The molecule has 0 radical (unpaired) electrons. The molecule has 0 saturated carbocycles. The number of fused-ring (bicyclic) bond motifs is 1. The number of anilines is 1. The standard InChI is InChI=1S/C14H15ClN6O3S/c1-3-4-14(15)9(22)8(6(2)20-23)24-12(14)21-5-17-7-10(21)18-13(16)19-11(7)25/h5-6,8-9,12,22H,1-2H3,(H3,16,18,19,25)/t6-,8+,9?,12+,14+/m0/s1. The van der Waals surface area contributed by atoms with Crippen LogP contribution in [0, 0.1) is 21.4 Å². The number of aliphatic hydroxyl groups is 1. The van der Waals surface area contributed by atoms with Gasteiger partial charge in [0.1, 0.15) is 28.4 Å². The lowest BCUT2D eigenvalue weighted by molar-refractivity contribution is -0.0273. The van der Waals surface area contributed by atoms with Crippen LogP contribution in [0.2, 0.25) is 0 Å². The van der Waals surface area contributed by atoms with Crippen molar-refractivity contribution in [3.8, 4) is 11.8 Å². The third kappa shape index (κ3) is 2.69. The Balaban J connectivity index is 2.19. The molecule has 0 bridgehead atoms. The predicted molar refractivity (Wildman–Crippen MR) is 94.3 cm³/mol. The van der Waals surface area contributed by atoms with Crippen molar-refractivity contribution in [1.82, 2.24) is 19.5 Å². The normalized spacial score (nSPS) is 30.0. The Morgan fingerprint density at radius 1 is 1.68 bits per heavy atom. The number of alkyl halides is 1. The van der Waals surface area contributed by atoms with Gasteiger partial charge in [-0.25, -0.2) is 4.98 Å². The predicted octanol–water partition coefficient (Wildman–Crippen LogP) is 1.49. The quantitative estimate of drug-likeness (QED) is 0.317. The first-order valence-corrected chi connectivity index (χ1v) is 8.13. The summed E-state index contributed by atoms with van der Waals surface area (Å²) < 4.78 is 7.65. The molecule has 2 aromatic heterocycles. The molecule has 5 atom stereocenters. The smallest absolute Gasteiger partial charge is 0.200 e. The molecule has 1 aliphatic rings. The number of nitroso groups, excluding NO2 is 1. The van der Waals surface area contributed by atoms with Crippen molar-refractivity contribution in [2.24, 2.45) is 5.18 Å². The molecule has 132 valence electrons. The lowest BCUT2D eigenvalue weighted by atomic mass is 9.96. The number of aliphatic hydroxyl groups excluding tert-OH is 1. The van der Waals surface area contributed by atoms with Gasteiger partial charge in [0, 0.05) is 0 Å². The molecule has 1 aliphatic heterocycles. The minimum absolute atomic E-state index is 0.0963. The van der Waals surface area contributed by atoms with Crippen LogP contribution in [0.15, 0.2) is 11.5 Å². The fourth-order valence-corrected chi connectivity index (χ4v) is 3.48. The number of halogens is 1. The van der Waals surface area contributed by atoms with E-state index in [-0.39, 0.29) is 5.95 Å². The van der Waals surface area contributed by atoms with Crippen molar-refractivity contribution in [3.63, 3.8) is 0 Å². The number of ether oxygens (including phenoxy) is 1. The van der Waals surface area contributed by atoms with Gasteiger partial charge < -0.3 is 20.6 Å². The number of H-pyrrole nitrogens is 1. The van der Waals surface area contributed by atoms with Crippen molar-refractivity contribution in [3.05, 3.63) is 15.9 Å². The molecule has 11 heteroatoms. The summed E-state index contributed by atoms with van der Waals surface area (Å²) in [5, 5.41) is 13.6. The number of aromatic amines is 1. The van der Waals surface area contributed by atoms with Crippen LogP contribution in [0.25, 0.3) is 11.2 Å². The second-order valence-electron chi connectivity index (χ2n) is 5.66. The minimum Gasteiger partial charge on any atom is -0.387 e. The molecule has 3 heterocycles. The van der Waals surface area contributed by atoms with Crippen LogP contribution in [0.4, 0.5) is 5.95 Å². The topological polar surface area (TPSA) is 131 Å². The largest absolute Gasteiger partial charge is 0.387 e. The number of imidazole rings is 1. The van der Waals surface area contributed by atoms with Gasteiger partial charge in [0.25, 0.3) is 0 Å². The van der Waals surface area contributed by atoms with Gasteiger partial charge >= 0.3 is 0 Å². The maximum atomic E-state index is 10.9. The Morgan fingerprint density at radius 2 is 2.40 bits per heavy atom. The number of nitrogen functional groups attached to an aromatic ring is 1. The van der Waals surface area contributed by atoms with Crippen LogP contribution < -0.4 is 5.73 Å². The number of rotatable bonds is 3. The Kier molecular flexibility index (Phi) is 4.51. The van der Waals surface area contributed by atoms with Crippen molar-refractivity contribution in [2.75, 3.05) is 5.73 Å². The third-order valence-corrected chi connectivity index (χ3v) is 4.85. The zero-order valence-corrected chi connectivity index (χ0v) is 14.9. The maximum Gasteiger partial charge on any atom is 0.200 e.